The molecule has 0 fully saturated rings. The molecule has 1 aliphatic rings. The summed E-state index contributed by atoms with van der Waals surface area (Å²) in [5, 5.41) is 20.3. The zero-order valence-electron chi connectivity index (χ0n) is 9.17. The number of hydrogen-bond acceptors (Lipinski definition) is 6. The fourth-order valence-electron chi connectivity index (χ4n) is 1.68. The van der Waals surface area contributed by atoms with Gasteiger partial charge in [0.2, 0.25) is 11.5 Å². The van der Waals surface area contributed by atoms with Gasteiger partial charge in [0.1, 0.15) is 5.75 Å². The van der Waals surface area contributed by atoms with Crippen molar-refractivity contribution in [2.75, 3.05) is 7.11 Å². The first-order valence-electron chi connectivity index (χ1n) is 4.82. The number of aliphatic hydroxyl groups is 1. The van der Waals surface area contributed by atoms with Gasteiger partial charge in [-0.05, 0) is 18.2 Å². The Morgan fingerprint density at radius 2 is 1.89 bits per heavy atom. The Kier molecular flexibility index (Phi) is 2.59. The molecule has 92 valence electrons. The summed E-state index contributed by atoms with van der Waals surface area (Å²) in [4.78, 5) is 32.8. The SMILES string of the molecule is COc1ccc2c(c1)C(=O)C(=O)C([N+](=O)[O-])=C2O. The lowest BCUT2D eigenvalue weighted by molar-refractivity contribution is -0.418. The molecule has 0 unspecified atom stereocenters. The molecule has 1 aromatic rings. The van der Waals surface area contributed by atoms with Crippen LogP contribution in [-0.4, -0.2) is 28.7 Å². The smallest absolute Gasteiger partial charge is 0.362 e. The summed E-state index contributed by atoms with van der Waals surface area (Å²) in [5.41, 5.74) is -1.26. The molecule has 1 aromatic carbocycles. The lowest BCUT2D eigenvalue weighted by Gasteiger charge is -2.13. The molecule has 7 nitrogen and oxygen atoms in total. The van der Waals surface area contributed by atoms with Gasteiger partial charge < -0.3 is 9.84 Å². The Hall–Kier alpha value is -2.70. The van der Waals surface area contributed by atoms with Crippen LogP contribution >= 0.6 is 0 Å². The number of ketones is 2. The van der Waals surface area contributed by atoms with E-state index in [1.807, 2.05) is 0 Å². The molecule has 7 heteroatoms. The largest absolute Gasteiger partial charge is 0.502 e. The Morgan fingerprint density at radius 3 is 2.44 bits per heavy atom. The van der Waals surface area contributed by atoms with E-state index >= 15 is 0 Å². The summed E-state index contributed by atoms with van der Waals surface area (Å²) < 4.78 is 4.88. The molecule has 0 saturated heterocycles. The van der Waals surface area contributed by atoms with Gasteiger partial charge >= 0.3 is 11.5 Å². The number of hydrogen-bond donors (Lipinski definition) is 1. The number of rotatable bonds is 2. The molecule has 2 rings (SSSR count). The van der Waals surface area contributed by atoms with E-state index in [0.29, 0.717) is 5.75 Å². The van der Waals surface area contributed by atoms with E-state index < -0.39 is 27.9 Å². The lowest BCUT2D eigenvalue weighted by Crippen LogP contribution is -2.27. The molecule has 0 heterocycles. The standard InChI is InChI=1S/C11H7NO6/c1-18-5-2-3-6-7(4-5)10(14)11(15)8(9(6)13)12(16)17/h2-4,13H,1H3. The van der Waals surface area contributed by atoms with Crippen molar-refractivity contribution in [2.24, 2.45) is 0 Å². The third-order valence-electron chi connectivity index (χ3n) is 2.55. The molecule has 1 aliphatic carbocycles. The molecule has 0 aliphatic heterocycles. The van der Waals surface area contributed by atoms with Gasteiger partial charge in [-0.25, -0.2) is 0 Å². The van der Waals surface area contributed by atoms with Crippen molar-refractivity contribution in [3.63, 3.8) is 0 Å². The Bertz CT molecular complexity index is 616. The molecule has 0 saturated carbocycles. The second kappa shape index (κ2) is 3.95. The van der Waals surface area contributed by atoms with Crippen LogP contribution in [0.5, 0.6) is 5.75 Å². The second-order valence-corrected chi connectivity index (χ2v) is 3.52. The highest BCUT2D eigenvalue weighted by atomic mass is 16.6. The molecule has 0 radical (unpaired) electrons. The zero-order chi connectivity index (χ0) is 13.4. The van der Waals surface area contributed by atoms with Crippen LogP contribution in [0.1, 0.15) is 15.9 Å². The van der Waals surface area contributed by atoms with Crippen LogP contribution in [0.25, 0.3) is 5.76 Å². The molecule has 1 N–H and O–H groups in total. The van der Waals surface area contributed by atoms with E-state index in [2.05, 4.69) is 0 Å². The van der Waals surface area contributed by atoms with Crippen molar-refractivity contribution in [1.82, 2.24) is 0 Å². The topological polar surface area (TPSA) is 107 Å². The summed E-state index contributed by atoms with van der Waals surface area (Å²) in [6.07, 6.45) is 0. The average molecular weight is 249 g/mol. The average Bonchev–Trinajstić information content (AvgIpc) is 2.35. The number of benzene rings is 1. The number of Topliss-reactive ketones (excluding diaryl/α,β-unsaturated/α-hetero) is 2. The number of carbonyl (C=O) groups excluding carboxylic acids is 2. The Balaban J connectivity index is 2.74. The number of methoxy groups -OCH3 is 1. The summed E-state index contributed by atoms with van der Waals surface area (Å²) >= 11 is 0. The van der Waals surface area contributed by atoms with Gasteiger partial charge in [-0.3, -0.25) is 19.7 Å². The highest BCUT2D eigenvalue weighted by Crippen LogP contribution is 2.30. The van der Waals surface area contributed by atoms with E-state index in [4.69, 9.17) is 4.74 Å². The van der Waals surface area contributed by atoms with Crippen LogP contribution in [0, 0.1) is 10.1 Å². The minimum atomic E-state index is -1.33. The van der Waals surface area contributed by atoms with Gasteiger partial charge in [0.05, 0.1) is 12.0 Å². The summed E-state index contributed by atoms with van der Waals surface area (Å²) in [6.45, 7) is 0. The van der Waals surface area contributed by atoms with Gasteiger partial charge in [0.25, 0.3) is 0 Å². The fourth-order valence-corrected chi connectivity index (χ4v) is 1.68. The van der Waals surface area contributed by atoms with Crippen molar-refractivity contribution in [2.45, 2.75) is 0 Å². The number of aliphatic hydroxyl groups excluding tert-OH is 1. The van der Waals surface area contributed by atoms with Gasteiger partial charge in [0, 0.05) is 11.1 Å². The maximum atomic E-state index is 11.7. The quantitative estimate of drug-likeness (QED) is 0.475. The molecular weight excluding hydrogens is 242 g/mol. The number of nitrogens with zero attached hydrogens (tertiary/aromatic N) is 1. The number of nitro groups is 1. The van der Waals surface area contributed by atoms with Crippen LogP contribution in [0.15, 0.2) is 23.9 Å². The van der Waals surface area contributed by atoms with E-state index in [0.717, 1.165) is 0 Å². The maximum absolute atomic E-state index is 11.7. The maximum Gasteiger partial charge on any atom is 0.362 e. The van der Waals surface area contributed by atoms with Gasteiger partial charge in [0.15, 0.2) is 0 Å². The summed E-state index contributed by atoms with van der Waals surface area (Å²) in [7, 11) is 1.37. The van der Waals surface area contributed by atoms with Crippen molar-refractivity contribution in [1.29, 1.82) is 0 Å². The van der Waals surface area contributed by atoms with Gasteiger partial charge in [-0.1, -0.05) is 0 Å². The van der Waals surface area contributed by atoms with Crippen LogP contribution < -0.4 is 4.74 Å². The van der Waals surface area contributed by atoms with Crippen LogP contribution in [0.4, 0.5) is 0 Å². The molecule has 0 spiro atoms. The highest BCUT2D eigenvalue weighted by Gasteiger charge is 2.41. The molecule has 0 bridgehead atoms. The first-order valence-corrected chi connectivity index (χ1v) is 4.82. The second-order valence-electron chi connectivity index (χ2n) is 3.52. The normalized spacial score (nSPS) is 14.5. The molecule has 0 amide bonds. The monoisotopic (exact) mass is 249 g/mol. The van der Waals surface area contributed by atoms with E-state index in [1.54, 1.807) is 0 Å². The fraction of sp³-hybridized carbons (Fsp3) is 0.0909. The molecule has 0 atom stereocenters. The van der Waals surface area contributed by atoms with Gasteiger partial charge in [-0.15, -0.1) is 0 Å². The van der Waals surface area contributed by atoms with Crippen LogP contribution in [0.2, 0.25) is 0 Å². The first-order chi connectivity index (χ1) is 8.47. The first kappa shape index (κ1) is 11.8. The minimum absolute atomic E-state index is 0.0490. The van der Waals surface area contributed by atoms with Gasteiger partial charge in [-0.2, -0.15) is 0 Å². The number of fused-ring (bicyclic) bond motifs is 1. The predicted molar refractivity (Wildman–Crippen MR) is 58.9 cm³/mol. The van der Waals surface area contributed by atoms with Crippen molar-refractivity contribution < 1.29 is 24.4 Å². The van der Waals surface area contributed by atoms with Crippen LogP contribution in [-0.2, 0) is 4.79 Å². The third-order valence-corrected chi connectivity index (χ3v) is 2.55. The predicted octanol–water partition coefficient (Wildman–Crippen LogP) is 0.964. The van der Waals surface area contributed by atoms with E-state index in [9.17, 15) is 24.8 Å². The number of carbonyl (C=O) groups is 2. The Labute approximate surface area is 100 Å². The van der Waals surface area contributed by atoms with E-state index in [-0.39, 0.29) is 11.1 Å². The van der Waals surface area contributed by atoms with Crippen LogP contribution in [0.3, 0.4) is 0 Å². The lowest BCUT2D eigenvalue weighted by atomic mass is 9.91. The highest BCUT2D eigenvalue weighted by molar-refractivity contribution is 6.51. The van der Waals surface area contributed by atoms with Crippen molar-refractivity contribution in [3.05, 3.63) is 45.1 Å². The van der Waals surface area contributed by atoms with Crippen molar-refractivity contribution >= 4 is 17.3 Å². The van der Waals surface area contributed by atoms with E-state index in [1.165, 1.54) is 25.3 Å². The van der Waals surface area contributed by atoms with Crippen molar-refractivity contribution in [3.8, 4) is 5.75 Å². The minimum Gasteiger partial charge on any atom is -0.502 e. The summed E-state index contributed by atoms with van der Waals surface area (Å²) in [5.74, 6) is -2.86. The Morgan fingerprint density at radius 1 is 1.22 bits per heavy atom. The number of ether oxygens (including phenoxy) is 1. The molecule has 0 aromatic heterocycles. The summed E-state index contributed by atoms with van der Waals surface area (Å²) in [6, 6.07) is 3.97. The third kappa shape index (κ3) is 1.53. The molecule has 18 heavy (non-hydrogen) atoms. The molecular formula is C11H7NO6. The zero-order valence-corrected chi connectivity index (χ0v) is 9.17. The number of allylic oxidation sites excluding steroid dienone is 1.